The molecule has 2 N–H and O–H groups in total. The first-order valence-electron chi connectivity index (χ1n) is 9.37. The van der Waals surface area contributed by atoms with E-state index in [0.717, 1.165) is 29.5 Å². The second kappa shape index (κ2) is 10.4. The van der Waals surface area contributed by atoms with Gasteiger partial charge in [0.25, 0.3) is 0 Å². The lowest BCUT2D eigenvalue weighted by atomic mass is 9.94. The molecule has 0 saturated carbocycles. The molecule has 0 saturated heterocycles. The zero-order valence-electron chi connectivity index (χ0n) is 17.2. The van der Waals surface area contributed by atoms with Crippen LogP contribution in [-0.2, 0) is 18.5 Å². The highest BCUT2D eigenvalue weighted by Crippen LogP contribution is 2.22. The zero-order valence-corrected chi connectivity index (χ0v) is 19.5. The van der Waals surface area contributed by atoms with Crippen molar-refractivity contribution in [3.63, 3.8) is 0 Å². The van der Waals surface area contributed by atoms with E-state index in [9.17, 15) is 0 Å². The summed E-state index contributed by atoms with van der Waals surface area (Å²) < 4.78 is 7.54. The van der Waals surface area contributed by atoms with E-state index < -0.39 is 0 Å². The van der Waals surface area contributed by atoms with Gasteiger partial charge in [0.1, 0.15) is 18.4 Å². The van der Waals surface area contributed by atoms with Crippen LogP contribution in [0.1, 0.15) is 44.9 Å². The van der Waals surface area contributed by atoms with Gasteiger partial charge in [-0.15, -0.1) is 24.0 Å². The Morgan fingerprint density at radius 2 is 1.93 bits per heavy atom. The minimum absolute atomic E-state index is 0. The summed E-state index contributed by atoms with van der Waals surface area (Å²) in [6.07, 6.45) is 4.98. The number of aliphatic imine (C=N–C) groups is 1. The quantitative estimate of drug-likeness (QED) is 0.301. The number of benzene rings is 1. The average Bonchev–Trinajstić information content (AvgIpc) is 3.36. The van der Waals surface area contributed by atoms with E-state index in [-0.39, 0.29) is 29.4 Å². The summed E-state index contributed by atoms with van der Waals surface area (Å²) in [6, 6.07) is 8.07. The molecule has 0 aliphatic rings. The van der Waals surface area contributed by atoms with Crippen LogP contribution in [0.25, 0.3) is 5.69 Å². The molecule has 0 fully saturated rings. The van der Waals surface area contributed by atoms with Crippen LogP contribution in [-0.4, -0.2) is 32.3 Å². The lowest BCUT2D eigenvalue weighted by molar-refractivity contribution is 0.379. The molecule has 2 heterocycles. The molecule has 3 aromatic rings. The molecular formula is C20H28IN7O. The molecule has 0 spiro atoms. The molecule has 8 nitrogen and oxygen atoms in total. The van der Waals surface area contributed by atoms with E-state index >= 15 is 0 Å². The van der Waals surface area contributed by atoms with Crippen LogP contribution in [0.5, 0.6) is 0 Å². The Morgan fingerprint density at radius 3 is 2.52 bits per heavy atom. The Balaban J connectivity index is 0.00000300. The van der Waals surface area contributed by atoms with Gasteiger partial charge in [-0.25, -0.2) is 19.6 Å². The van der Waals surface area contributed by atoms with Gasteiger partial charge in [-0.2, -0.15) is 5.10 Å². The molecule has 0 atom stereocenters. The molecule has 0 aliphatic carbocycles. The molecular weight excluding hydrogens is 481 g/mol. The summed E-state index contributed by atoms with van der Waals surface area (Å²) in [6.45, 7) is 10.2. The van der Waals surface area contributed by atoms with Crippen LogP contribution in [0, 0.1) is 0 Å². The number of nitrogens with zero attached hydrogens (tertiary/aromatic N) is 5. The number of aromatic nitrogens is 4. The second-order valence-corrected chi connectivity index (χ2v) is 7.42. The van der Waals surface area contributed by atoms with E-state index in [1.54, 1.807) is 17.2 Å². The second-order valence-electron chi connectivity index (χ2n) is 7.42. The van der Waals surface area contributed by atoms with Gasteiger partial charge in [0.2, 0.25) is 5.89 Å². The Bertz CT molecular complexity index is 896. The van der Waals surface area contributed by atoms with Gasteiger partial charge in [-0.1, -0.05) is 32.9 Å². The molecule has 0 amide bonds. The molecule has 1 aromatic carbocycles. The molecule has 29 heavy (non-hydrogen) atoms. The maximum Gasteiger partial charge on any atom is 0.213 e. The van der Waals surface area contributed by atoms with Crippen molar-refractivity contribution in [2.45, 2.75) is 46.2 Å². The highest BCUT2D eigenvalue weighted by atomic mass is 127. The third-order valence-corrected chi connectivity index (χ3v) is 4.08. The maximum absolute atomic E-state index is 5.82. The van der Waals surface area contributed by atoms with E-state index in [1.165, 1.54) is 6.33 Å². The Labute approximate surface area is 188 Å². The largest absolute Gasteiger partial charge is 0.443 e. The summed E-state index contributed by atoms with van der Waals surface area (Å²) in [5.74, 6) is 2.24. The number of hydrogen-bond acceptors (Lipinski definition) is 5. The Morgan fingerprint density at radius 1 is 1.17 bits per heavy atom. The van der Waals surface area contributed by atoms with E-state index in [2.05, 4.69) is 51.5 Å². The lowest BCUT2D eigenvalue weighted by Gasteiger charge is -2.13. The van der Waals surface area contributed by atoms with Gasteiger partial charge in [-0.3, -0.25) is 0 Å². The summed E-state index contributed by atoms with van der Waals surface area (Å²) in [5.41, 5.74) is 2.02. The van der Waals surface area contributed by atoms with Crippen molar-refractivity contribution in [2.75, 3.05) is 6.54 Å². The molecule has 9 heteroatoms. The molecule has 0 aliphatic heterocycles. The maximum atomic E-state index is 5.82. The van der Waals surface area contributed by atoms with Crippen molar-refractivity contribution in [1.82, 2.24) is 30.4 Å². The summed E-state index contributed by atoms with van der Waals surface area (Å²) >= 11 is 0. The number of guanidine groups is 1. The van der Waals surface area contributed by atoms with Crippen molar-refractivity contribution in [3.05, 3.63) is 60.3 Å². The fourth-order valence-corrected chi connectivity index (χ4v) is 2.51. The van der Waals surface area contributed by atoms with E-state index in [1.807, 2.05) is 31.2 Å². The van der Waals surface area contributed by atoms with Crippen LogP contribution in [0.4, 0.5) is 0 Å². The van der Waals surface area contributed by atoms with Crippen LogP contribution in [0.3, 0.4) is 0 Å². The number of oxazole rings is 1. The third-order valence-electron chi connectivity index (χ3n) is 4.08. The zero-order chi connectivity index (χ0) is 20.0. The smallest absolute Gasteiger partial charge is 0.213 e. The number of rotatable bonds is 6. The van der Waals surface area contributed by atoms with Crippen LogP contribution < -0.4 is 10.6 Å². The van der Waals surface area contributed by atoms with Gasteiger partial charge in [0, 0.05) is 12.0 Å². The summed E-state index contributed by atoms with van der Waals surface area (Å²) in [7, 11) is 0. The lowest BCUT2D eigenvalue weighted by Crippen LogP contribution is -2.36. The molecule has 156 valence electrons. The van der Waals surface area contributed by atoms with Crippen LogP contribution in [0.2, 0.25) is 0 Å². The molecule has 2 aromatic heterocycles. The standard InChI is InChI=1S/C20H27N7O.HI/c1-5-22-19(25-12-18-23-11-17(28-18)20(2,3)4)24-10-15-6-8-16(9-7-15)27-14-21-13-26-27;/h6-9,11,13-14H,5,10,12H2,1-4H3,(H2,22,24,25);1H. The third kappa shape index (κ3) is 6.55. The summed E-state index contributed by atoms with van der Waals surface area (Å²) in [5, 5.41) is 10.6. The van der Waals surface area contributed by atoms with Crippen molar-refractivity contribution >= 4 is 29.9 Å². The van der Waals surface area contributed by atoms with Gasteiger partial charge >= 0.3 is 0 Å². The van der Waals surface area contributed by atoms with Crippen molar-refractivity contribution < 1.29 is 4.42 Å². The van der Waals surface area contributed by atoms with Gasteiger partial charge < -0.3 is 15.1 Å². The minimum atomic E-state index is -0.0533. The van der Waals surface area contributed by atoms with Crippen molar-refractivity contribution in [2.24, 2.45) is 4.99 Å². The van der Waals surface area contributed by atoms with Crippen molar-refractivity contribution in [1.29, 1.82) is 0 Å². The number of nitrogens with one attached hydrogen (secondary N) is 2. The monoisotopic (exact) mass is 509 g/mol. The van der Waals surface area contributed by atoms with Crippen molar-refractivity contribution in [3.8, 4) is 5.69 Å². The van der Waals surface area contributed by atoms with E-state index in [4.69, 9.17) is 4.42 Å². The number of hydrogen-bond donors (Lipinski definition) is 2. The first-order valence-corrected chi connectivity index (χ1v) is 9.37. The van der Waals surface area contributed by atoms with E-state index in [0.29, 0.717) is 19.0 Å². The predicted octanol–water partition coefficient (Wildman–Crippen LogP) is 3.43. The highest BCUT2D eigenvalue weighted by molar-refractivity contribution is 14.0. The molecule has 0 bridgehead atoms. The van der Waals surface area contributed by atoms with Gasteiger partial charge in [0.05, 0.1) is 25.0 Å². The van der Waals surface area contributed by atoms with Crippen LogP contribution in [0.15, 0.2) is 52.5 Å². The summed E-state index contributed by atoms with van der Waals surface area (Å²) in [4.78, 5) is 12.9. The minimum Gasteiger partial charge on any atom is -0.443 e. The van der Waals surface area contributed by atoms with Gasteiger partial charge in [0.15, 0.2) is 5.96 Å². The predicted molar refractivity (Wildman–Crippen MR) is 124 cm³/mol. The first kappa shape index (κ1) is 22.9. The fourth-order valence-electron chi connectivity index (χ4n) is 2.51. The SMILES string of the molecule is CCNC(=NCc1ccc(-n2cncn2)cc1)NCc1ncc(C(C)(C)C)o1.I. The highest BCUT2D eigenvalue weighted by Gasteiger charge is 2.19. The molecule has 3 rings (SSSR count). The molecule has 0 radical (unpaired) electrons. The normalized spacial score (nSPS) is 11.8. The average molecular weight is 509 g/mol. The van der Waals surface area contributed by atoms with Gasteiger partial charge in [-0.05, 0) is 24.6 Å². The first-order chi connectivity index (χ1) is 13.5. The Kier molecular flexibility index (Phi) is 8.18. The van der Waals surface area contributed by atoms with Crippen LogP contribution >= 0.6 is 24.0 Å². The topological polar surface area (TPSA) is 93.2 Å². The fraction of sp³-hybridized carbons (Fsp3) is 0.400. The number of halogens is 1. The Hall–Kier alpha value is -2.43. The molecule has 0 unspecified atom stereocenters.